The van der Waals surface area contributed by atoms with E-state index in [0.717, 1.165) is 11.1 Å². The summed E-state index contributed by atoms with van der Waals surface area (Å²) in [6, 6.07) is 5.72. The van der Waals surface area contributed by atoms with E-state index in [2.05, 4.69) is 25.7 Å². The van der Waals surface area contributed by atoms with Gasteiger partial charge < -0.3 is 10.1 Å². The highest BCUT2D eigenvalue weighted by Crippen LogP contribution is 2.46. The quantitative estimate of drug-likeness (QED) is 0.429. The summed E-state index contributed by atoms with van der Waals surface area (Å²) in [6.07, 6.45) is 1.15. The van der Waals surface area contributed by atoms with Crippen LogP contribution in [0.4, 0.5) is 23.5 Å². The molecule has 1 aliphatic carbocycles. The van der Waals surface area contributed by atoms with E-state index in [9.17, 15) is 17.6 Å². The first-order valence-electron chi connectivity index (χ1n) is 11.1. The van der Waals surface area contributed by atoms with Gasteiger partial charge in [-0.3, -0.25) is 4.90 Å². The van der Waals surface area contributed by atoms with Crippen LogP contribution in [-0.4, -0.2) is 79.6 Å². The third-order valence-electron chi connectivity index (χ3n) is 6.66. The van der Waals surface area contributed by atoms with E-state index < -0.39 is 23.9 Å². The van der Waals surface area contributed by atoms with Crippen LogP contribution in [0.1, 0.15) is 18.9 Å². The van der Waals surface area contributed by atoms with Gasteiger partial charge in [0.05, 0.1) is 25.2 Å². The second-order valence-electron chi connectivity index (χ2n) is 9.28. The predicted octanol–water partition coefficient (Wildman–Crippen LogP) is 3.48. The van der Waals surface area contributed by atoms with Crippen molar-refractivity contribution in [1.82, 2.24) is 34.5 Å². The number of alkyl halides is 4. The number of rotatable bonds is 5. The Morgan fingerprint density at radius 3 is 2.63 bits per heavy atom. The molecule has 1 aliphatic heterocycles. The van der Waals surface area contributed by atoms with E-state index in [1.54, 1.807) is 35.0 Å². The Kier molecular flexibility index (Phi) is 4.72. The van der Waals surface area contributed by atoms with Crippen molar-refractivity contribution in [3.05, 3.63) is 30.5 Å². The maximum absolute atomic E-state index is 14.3. The summed E-state index contributed by atoms with van der Waals surface area (Å²) < 4.78 is 64.0. The maximum atomic E-state index is 14.3. The zero-order valence-electron chi connectivity index (χ0n) is 18.9. The molecule has 1 N–H and O–H groups in total. The number of benzene rings is 1. The molecule has 0 amide bonds. The highest BCUT2D eigenvalue weighted by molar-refractivity contribution is 5.89. The largest absolute Gasteiger partial charge is 0.479 e. The Labute approximate surface area is 196 Å². The third-order valence-corrected chi connectivity index (χ3v) is 6.66. The van der Waals surface area contributed by atoms with E-state index in [1.165, 1.54) is 11.6 Å². The fourth-order valence-corrected chi connectivity index (χ4v) is 4.89. The first-order chi connectivity index (χ1) is 16.6. The highest BCUT2D eigenvalue weighted by Gasteiger charge is 2.48. The third kappa shape index (κ3) is 3.65. The Hall–Kier alpha value is -3.48. The van der Waals surface area contributed by atoms with Crippen LogP contribution in [0.2, 0.25) is 0 Å². The average molecular weight is 490 g/mol. The van der Waals surface area contributed by atoms with Gasteiger partial charge in [-0.25, -0.2) is 26.8 Å². The first kappa shape index (κ1) is 22.0. The number of methoxy groups -OCH3 is 1. The van der Waals surface area contributed by atoms with Gasteiger partial charge in [0.25, 0.3) is 11.8 Å². The SMILES string of the molecule is COc1nc(NC2CN(C)CC2(F)F)nn2ccc(-c3ccc4nnn(C5CC(F)(F)C5)c4c3)c12. The van der Waals surface area contributed by atoms with Gasteiger partial charge in [0, 0.05) is 31.1 Å². The molecule has 1 saturated heterocycles. The summed E-state index contributed by atoms with van der Waals surface area (Å²) in [5.41, 5.74) is 3.29. The van der Waals surface area contributed by atoms with Crippen molar-refractivity contribution in [3.8, 4) is 17.0 Å². The van der Waals surface area contributed by atoms with Crippen LogP contribution in [0.3, 0.4) is 0 Å². The molecule has 6 rings (SSSR count). The van der Waals surface area contributed by atoms with Gasteiger partial charge in [0.1, 0.15) is 17.1 Å². The second-order valence-corrected chi connectivity index (χ2v) is 9.28. The molecular weight excluding hydrogens is 468 g/mol. The number of nitrogens with zero attached hydrogens (tertiary/aromatic N) is 7. The van der Waals surface area contributed by atoms with Gasteiger partial charge in [0.2, 0.25) is 11.8 Å². The minimum Gasteiger partial charge on any atom is -0.479 e. The van der Waals surface area contributed by atoms with Gasteiger partial charge in [-0.15, -0.1) is 10.2 Å². The van der Waals surface area contributed by atoms with Gasteiger partial charge in [-0.05, 0) is 30.8 Å². The molecule has 0 spiro atoms. The number of halogens is 4. The minimum atomic E-state index is -2.92. The van der Waals surface area contributed by atoms with Crippen LogP contribution in [0, 0.1) is 0 Å². The van der Waals surface area contributed by atoms with Crippen LogP contribution in [0.25, 0.3) is 27.7 Å². The normalized spacial score (nSPS) is 22.1. The lowest BCUT2D eigenvalue weighted by Crippen LogP contribution is -2.38. The first-order valence-corrected chi connectivity index (χ1v) is 11.1. The molecule has 0 bridgehead atoms. The number of hydrogen-bond donors (Lipinski definition) is 1. The number of ether oxygens (including phenoxy) is 1. The standard InChI is InChI=1S/C22H22F4N8O/c1-32-10-17(22(25,26)11-32)27-20-28-19(35-2)18-14(5-6-33(18)30-20)12-3-4-15-16(7-12)34(31-29-15)13-8-21(23,24)9-13/h3-7,13,17H,8-11H2,1-2H3,(H,27,30). The van der Waals surface area contributed by atoms with Gasteiger partial charge in [0.15, 0.2) is 0 Å². The molecule has 2 fully saturated rings. The summed E-state index contributed by atoms with van der Waals surface area (Å²) in [7, 11) is 3.08. The predicted molar refractivity (Wildman–Crippen MR) is 119 cm³/mol. The molecule has 4 aromatic rings. The van der Waals surface area contributed by atoms with Crippen LogP contribution in [0.5, 0.6) is 5.88 Å². The van der Waals surface area contributed by atoms with E-state index in [1.807, 2.05) is 12.1 Å². The van der Waals surface area contributed by atoms with Crippen molar-refractivity contribution >= 4 is 22.5 Å². The van der Waals surface area contributed by atoms with Crippen LogP contribution in [0.15, 0.2) is 30.5 Å². The summed E-state index contributed by atoms with van der Waals surface area (Å²) in [6.45, 7) is -0.188. The molecule has 1 unspecified atom stereocenters. The second kappa shape index (κ2) is 7.51. The highest BCUT2D eigenvalue weighted by atomic mass is 19.3. The van der Waals surface area contributed by atoms with Crippen molar-refractivity contribution in [2.24, 2.45) is 0 Å². The zero-order valence-corrected chi connectivity index (χ0v) is 18.9. The molecule has 3 aromatic heterocycles. The van der Waals surface area contributed by atoms with E-state index >= 15 is 0 Å². The van der Waals surface area contributed by atoms with Crippen molar-refractivity contribution in [2.75, 3.05) is 32.6 Å². The number of likely N-dealkylation sites (N-methyl/N-ethyl adjacent to an activating group) is 1. The number of aromatic nitrogens is 6. The van der Waals surface area contributed by atoms with Crippen molar-refractivity contribution in [2.45, 2.75) is 36.8 Å². The Balaban J connectivity index is 1.37. The molecule has 13 heteroatoms. The number of anilines is 1. The number of nitrogens with one attached hydrogen (secondary N) is 1. The summed E-state index contributed by atoms with van der Waals surface area (Å²) in [4.78, 5) is 5.88. The molecule has 1 atom stereocenters. The lowest BCUT2D eigenvalue weighted by Gasteiger charge is -2.34. The van der Waals surface area contributed by atoms with E-state index in [0.29, 0.717) is 16.6 Å². The number of fused-ring (bicyclic) bond motifs is 2. The van der Waals surface area contributed by atoms with Gasteiger partial charge in [-0.1, -0.05) is 11.3 Å². The molecule has 9 nitrogen and oxygen atoms in total. The summed E-state index contributed by atoms with van der Waals surface area (Å²) >= 11 is 0. The lowest BCUT2D eigenvalue weighted by atomic mass is 9.88. The molecule has 1 aromatic carbocycles. The fourth-order valence-electron chi connectivity index (χ4n) is 4.89. The summed E-state index contributed by atoms with van der Waals surface area (Å²) in [5.74, 6) is -5.35. The van der Waals surface area contributed by atoms with Crippen LogP contribution >= 0.6 is 0 Å². The topological polar surface area (TPSA) is 85.4 Å². The molecule has 0 radical (unpaired) electrons. The van der Waals surface area contributed by atoms with Gasteiger partial charge in [-0.2, -0.15) is 4.98 Å². The Bertz CT molecular complexity index is 1430. The average Bonchev–Trinajstić information content (AvgIpc) is 3.45. The zero-order chi connectivity index (χ0) is 24.5. The van der Waals surface area contributed by atoms with Crippen molar-refractivity contribution in [1.29, 1.82) is 0 Å². The molecule has 184 valence electrons. The smallest absolute Gasteiger partial charge is 0.281 e. The molecular formula is C22H22F4N8O. The maximum Gasteiger partial charge on any atom is 0.281 e. The van der Waals surface area contributed by atoms with Crippen molar-refractivity contribution in [3.63, 3.8) is 0 Å². The monoisotopic (exact) mass is 490 g/mol. The van der Waals surface area contributed by atoms with E-state index in [-0.39, 0.29) is 37.8 Å². The van der Waals surface area contributed by atoms with Crippen LogP contribution < -0.4 is 10.1 Å². The fraction of sp³-hybridized carbons (Fsp3) is 0.455. The number of hydrogen-bond acceptors (Lipinski definition) is 7. The van der Waals surface area contributed by atoms with Crippen molar-refractivity contribution < 1.29 is 22.3 Å². The lowest BCUT2D eigenvalue weighted by molar-refractivity contribution is -0.106. The molecule has 35 heavy (non-hydrogen) atoms. The summed E-state index contributed by atoms with van der Waals surface area (Å²) in [5, 5.41) is 15.3. The molecule has 4 heterocycles. The van der Waals surface area contributed by atoms with Gasteiger partial charge >= 0.3 is 0 Å². The molecule has 2 aliphatic rings. The Morgan fingerprint density at radius 1 is 1.14 bits per heavy atom. The Morgan fingerprint density at radius 2 is 1.94 bits per heavy atom. The molecule has 1 saturated carbocycles. The minimum absolute atomic E-state index is 0.0279. The number of likely N-dealkylation sites (tertiary alicyclic amines) is 1. The van der Waals surface area contributed by atoms with E-state index in [4.69, 9.17) is 4.74 Å². The van der Waals surface area contributed by atoms with Crippen LogP contribution in [-0.2, 0) is 0 Å².